The Morgan fingerprint density at radius 1 is 1.39 bits per heavy atom. The van der Waals surface area contributed by atoms with Crippen LogP contribution < -0.4 is 5.32 Å². The van der Waals surface area contributed by atoms with Crippen molar-refractivity contribution in [1.82, 2.24) is 10.2 Å². The molecule has 1 aliphatic heterocycles. The van der Waals surface area contributed by atoms with Gasteiger partial charge in [-0.3, -0.25) is 9.59 Å². The molecule has 0 aromatic rings. The molecule has 0 saturated carbocycles. The minimum Gasteiger partial charge on any atom is -0.340 e. The van der Waals surface area contributed by atoms with Crippen LogP contribution in [0.2, 0.25) is 0 Å². The lowest BCUT2D eigenvalue weighted by Gasteiger charge is -2.25. The molecule has 1 saturated heterocycles. The highest BCUT2D eigenvalue weighted by Gasteiger charge is 2.36. The Morgan fingerprint density at radius 3 is 2.87 bits per heavy atom. The van der Waals surface area contributed by atoms with Crippen molar-refractivity contribution < 1.29 is 9.59 Å². The summed E-state index contributed by atoms with van der Waals surface area (Å²) in [6.45, 7) is 0. The molecule has 122 valence electrons. The third kappa shape index (κ3) is 3.40. The molecule has 1 unspecified atom stereocenters. The molecule has 0 spiro atoms. The molecule has 2 aliphatic carbocycles. The summed E-state index contributed by atoms with van der Waals surface area (Å²) in [7, 11) is 1.70. The second-order valence-corrected chi connectivity index (χ2v) is 7.71. The molecule has 4 nitrogen and oxygen atoms in total. The fraction of sp³-hybridized carbons (Fsp3) is 0.412. The lowest BCUT2D eigenvalue weighted by atomic mass is 9.93. The predicted octanol–water partition coefficient (Wildman–Crippen LogP) is 3.40. The number of allylic oxidation sites excluding steroid dienone is 6. The third-order valence-electron chi connectivity index (χ3n) is 4.42. The van der Waals surface area contributed by atoms with Crippen molar-refractivity contribution in [2.24, 2.45) is 5.92 Å². The van der Waals surface area contributed by atoms with Gasteiger partial charge in [0, 0.05) is 15.7 Å². The lowest BCUT2D eigenvalue weighted by molar-refractivity contribution is -0.131. The first-order chi connectivity index (χ1) is 11.0. The second kappa shape index (κ2) is 6.81. The SMILES string of the molecule is CN1C(=O)[C@@H](CC2C=CC(I)=CC2)NC(=O)C2=CCCC(Cl)=C21. The van der Waals surface area contributed by atoms with Gasteiger partial charge in [-0.2, -0.15) is 0 Å². The van der Waals surface area contributed by atoms with Crippen molar-refractivity contribution in [3.05, 3.63) is 44.2 Å². The Morgan fingerprint density at radius 2 is 2.17 bits per heavy atom. The van der Waals surface area contributed by atoms with Gasteiger partial charge >= 0.3 is 0 Å². The zero-order chi connectivity index (χ0) is 16.6. The highest BCUT2D eigenvalue weighted by atomic mass is 127. The topological polar surface area (TPSA) is 49.4 Å². The Labute approximate surface area is 154 Å². The zero-order valence-corrected chi connectivity index (χ0v) is 15.7. The number of hydrogen-bond acceptors (Lipinski definition) is 2. The van der Waals surface area contributed by atoms with Crippen LogP contribution in [0.25, 0.3) is 0 Å². The minimum atomic E-state index is -0.519. The third-order valence-corrected chi connectivity index (χ3v) is 5.59. The molecule has 2 amide bonds. The first-order valence-electron chi connectivity index (χ1n) is 7.69. The standard InChI is InChI=1S/C17H18ClIN2O2/c1-21-15-12(3-2-4-13(15)18)16(22)20-14(17(21)23)9-10-5-7-11(19)8-6-10/h3,5,7-8,10,14H,2,4,6,9H2,1H3,(H,20,22)/t10?,14-/m1/s1. The van der Waals surface area contributed by atoms with Gasteiger partial charge in [-0.25, -0.2) is 0 Å². The highest BCUT2D eigenvalue weighted by Crippen LogP contribution is 2.33. The smallest absolute Gasteiger partial charge is 0.253 e. The van der Waals surface area contributed by atoms with E-state index in [9.17, 15) is 9.59 Å². The average molecular weight is 445 g/mol. The number of amides is 2. The van der Waals surface area contributed by atoms with Crippen LogP contribution in [-0.4, -0.2) is 29.8 Å². The first kappa shape index (κ1) is 16.8. The van der Waals surface area contributed by atoms with Crippen LogP contribution in [0.5, 0.6) is 0 Å². The monoisotopic (exact) mass is 444 g/mol. The van der Waals surface area contributed by atoms with Crippen LogP contribution in [0.3, 0.4) is 0 Å². The molecule has 1 N–H and O–H groups in total. The molecule has 3 rings (SSSR count). The number of carbonyl (C=O) groups is 2. The molecule has 1 heterocycles. The van der Waals surface area contributed by atoms with Crippen molar-refractivity contribution in [3.8, 4) is 0 Å². The van der Waals surface area contributed by atoms with E-state index in [4.69, 9.17) is 11.6 Å². The van der Waals surface area contributed by atoms with E-state index < -0.39 is 6.04 Å². The second-order valence-electron chi connectivity index (χ2n) is 6.01. The summed E-state index contributed by atoms with van der Waals surface area (Å²) in [5.41, 5.74) is 1.09. The van der Waals surface area contributed by atoms with Crippen molar-refractivity contribution in [3.63, 3.8) is 0 Å². The summed E-state index contributed by atoms with van der Waals surface area (Å²) in [6.07, 6.45) is 11.1. The largest absolute Gasteiger partial charge is 0.340 e. The summed E-state index contributed by atoms with van der Waals surface area (Å²) in [4.78, 5) is 26.8. The molecule has 1 fully saturated rings. The number of rotatable bonds is 2. The maximum Gasteiger partial charge on any atom is 0.253 e. The van der Waals surface area contributed by atoms with Crippen molar-refractivity contribution in [2.45, 2.75) is 31.7 Å². The van der Waals surface area contributed by atoms with E-state index >= 15 is 0 Å². The van der Waals surface area contributed by atoms with E-state index in [0.29, 0.717) is 29.1 Å². The summed E-state index contributed by atoms with van der Waals surface area (Å²) in [5, 5.41) is 3.48. The van der Waals surface area contributed by atoms with Crippen LogP contribution in [0.4, 0.5) is 0 Å². The molecule has 3 aliphatic rings. The Hall–Kier alpha value is -1.08. The molecular formula is C17H18ClIN2O2. The molecule has 0 aromatic heterocycles. The average Bonchev–Trinajstić information content (AvgIpc) is 2.62. The number of fused-ring (bicyclic) bond motifs is 1. The number of likely N-dealkylation sites (N-methyl/N-ethyl adjacent to an activating group) is 1. The van der Waals surface area contributed by atoms with Crippen molar-refractivity contribution >= 4 is 46.0 Å². The maximum atomic E-state index is 12.8. The fourth-order valence-electron chi connectivity index (χ4n) is 3.18. The number of nitrogens with one attached hydrogen (secondary N) is 1. The van der Waals surface area contributed by atoms with Gasteiger partial charge in [0.15, 0.2) is 0 Å². The number of carbonyl (C=O) groups excluding carboxylic acids is 2. The van der Waals surface area contributed by atoms with Crippen LogP contribution in [0, 0.1) is 5.92 Å². The predicted molar refractivity (Wildman–Crippen MR) is 98.9 cm³/mol. The minimum absolute atomic E-state index is 0.102. The first-order valence-corrected chi connectivity index (χ1v) is 9.14. The van der Waals surface area contributed by atoms with E-state index in [1.54, 1.807) is 11.9 Å². The number of hydrogen-bond donors (Lipinski definition) is 1. The lowest BCUT2D eigenvalue weighted by Crippen LogP contribution is -2.44. The van der Waals surface area contributed by atoms with Crippen molar-refractivity contribution in [2.75, 3.05) is 7.05 Å². The van der Waals surface area contributed by atoms with Crippen LogP contribution in [-0.2, 0) is 9.59 Å². The molecule has 0 bridgehead atoms. The molecule has 0 radical (unpaired) electrons. The normalized spacial score (nSPS) is 28.0. The van der Waals surface area contributed by atoms with E-state index in [1.165, 1.54) is 3.58 Å². The Bertz CT molecular complexity index is 678. The van der Waals surface area contributed by atoms with Crippen LogP contribution >= 0.6 is 34.2 Å². The van der Waals surface area contributed by atoms with Gasteiger partial charge in [0.05, 0.1) is 11.3 Å². The molecule has 0 aromatic carbocycles. The number of nitrogens with zero attached hydrogens (tertiary/aromatic N) is 1. The van der Waals surface area contributed by atoms with Gasteiger partial charge in [0.2, 0.25) is 5.91 Å². The van der Waals surface area contributed by atoms with Gasteiger partial charge < -0.3 is 10.2 Å². The van der Waals surface area contributed by atoms with Gasteiger partial charge in [0.1, 0.15) is 6.04 Å². The molecule has 2 atom stereocenters. The summed E-state index contributed by atoms with van der Waals surface area (Å²) in [5.74, 6) is -0.0466. The van der Waals surface area contributed by atoms with Crippen LogP contribution in [0.1, 0.15) is 25.7 Å². The van der Waals surface area contributed by atoms with E-state index in [1.807, 2.05) is 6.08 Å². The van der Waals surface area contributed by atoms with Crippen LogP contribution in [0.15, 0.2) is 44.2 Å². The summed E-state index contributed by atoms with van der Waals surface area (Å²) in [6, 6.07) is -0.519. The Balaban J connectivity index is 1.84. The summed E-state index contributed by atoms with van der Waals surface area (Å²) < 4.78 is 1.21. The van der Waals surface area contributed by atoms with Gasteiger partial charge in [-0.05, 0) is 54.2 Å². The van der Waals surface area contributed by atoms with E-state index in [2.05, 4.69) is 46.1 Å². The molecular weight excluding hydrogens is 427 g/mol. The van der Waals surface area contributed by atoms with Gasteiger partial charge in [0.25, 0.3) is 5.91 Å². The summed E-state index contributed by atoms with van der Waals surface area (Å²) >= 11 is 8.57. The quantitative estimate of drug-likeness (QED) is 0.664. The molecule has 23 heavy (non-hydrogen) atoms. The number of halogens is 2. The van der Waals surface area contributed by atoms with Gasteiger partial charge in [-0.15, -0.1) is 0 Å². The van der Waals surface area contributed by atoms with E-state index in [-0.39, 0.29) is 17.7 Å². The van der Waals surface area contributed by atoms with Crippen molar-refractivity contribution in [1.29, 1.82) is 0 Å². The van der Waals surface area contributed by atoms with Gasteiger partial charge in [-0.1, -0.05) is 35.9 Å². The highest BCUT2D eigenvalue weighted by molar-refractivity contribution is 14.1. The Kier molecular flexibility index (Phi) is 4.96. The molecule has 6 heteroatoms. The maximum absolute atomic E-state index is 12.8. The fourth-order valence-corrected chi connectivity index (χ4v) is 3.98. The zero-order valence-electron chi connectivity index (χ0n) is 12.8. The van der Waals surface area contributed by atoms with E-state index in [0.717, 1.165) is 12.8 Å².